The number of benzene rings is 2. The van der Waals surface area contributed by atoms with Gasteiger partial charge in [-0.05, 0) is 109 Å². The Balaban J connectivity index is 2.16. The van der Waals surface area contributed by atoms with E-state index in [2.05, 4.69) is 0 Å². The molecule has 0 heterocycles. The molecule has 0 fully saturated rings. The van der Waals surface area contributed by atoms with Gasteiger partial charge in [-0.25, -0.2) is 0 Å². The third-order valence-corrected chi connectivity index (χ3v) is 5.42. The highest BCUT2D eigenvalue weighted by Gasteiger charge is 2.24. The second-order valence-corrected chi connectivity index (χ2v) is 10.9. The van der Waals surface area contributed by atoms with Crippen molar-refractivity contribution in [2.24, 2.45) is 10.8 Å². The molecule has 0 radical (unpaired) electrons. The molecule has 0 saturated carbocycles. The molecule has 0 unspecified atom stereocenters. The van der Waals surface area contributed by atoms with Gasteiger partial charge in [0.15, 0.2) is 5.78 Å². The molecule has 0 spiro atoms. The predicted molar refractivity (Wildman–Crippen MR) is 144 cm³/mol. The van der Waals surface area contributed by atoms with Crippen LogP contribution in [0.2, 0.25) is 0 Å². The Morgan fingerprint density at radius 1 is 0.763 bits per heavy atom. The summed E-state index contributed by atoms with van der Waals surface area (Å²) in [5, 5.41) is 0. The van der Waals surface area contributed by atoms with Gasteiger partial charge in [0.1, 0.15) is 17.2 Å². The van der Waals surface area contributed by atoms with E-state index in [9.17, 15) is 14.4 Å². The lowest BCUT2D eigenvalue weighted by Gasteiger charge is -2.19. The third-order valence-electron chi connectivity index (χ3n) is 5.42. The zero-order valence-corrected chi connectivity index (χ0v) is 23.7. The standard InChI is InChI=1S/C30H38O8/c1-19-16-20(2)26(36-18-38-28(33)30(6,7)8)23(25(19)34-9)14-15-24(31)21-10-12-22(13-11-21)35-17-37-27(32)29(3,4)5/h10-16H,17-18H2,1-9H3. The molecule has 8 nitrogen and oxygen atoms in total. The van der Waals surface area contributed by atoms with Crippen molar-refractivity contribution in [3.05, 3.63) is 58.7 Å². The minimum absolute atomic E-state index is 0.219. The molecule has 2 aromatic carbocycles. The van der Waals surface area contributed by atoms with Gasteiger partial charge in [-0.1, -0.05) is 0 Å². The Morgan fingerprint density at radius 3 is 1.76 bits per heavy atom. The first-order valence-corrected chi connectivity index (χ1v) is 12.3. The zero-order chi connectivity index (χ0) is 28.7. The fourth-order valence-electron chi connectivity index (χ4n) is 3.29. The minimum Gasteiger partial charge on any atom is -0.496 e. The van der Waals surface area contributed by atoms with Gasteiger partial charge in [0.2, 0.25) is 13.6 Å². The number of ketones is 1. The number of rotatable bonds is 10. The summed E-state index contributed by atoms with van der Waals surface area (Å²) in [7, 11) is 1.54. The van der Waals surface area contributed by atoms with Gasteiger partial charge < -0.3 is 23.7 Å². The first-order chi connectivity index (χ1) is 17.6. The van der Waals surface area contributed by atoms with Crippen molar-refractivity contribution in [3.63, 3.8) is 0 Å². The fourth-order valence-corrected chi connectivity index (χ4v) is 3.29. The lowest BCUT2D eigenvalue weighted by atomic mass is 9.97. The van der Waals surface area contributed by atoms with Gasteiger partial charge in [0.05, 0.1) is 23.5 Å². The van der Waals surface area contributed by atoms with E-state index in [4.69, 9.17) is 23.7 Å². The van der Waals surface area contributed by atoms with Crippen LogP contribution in [-0.2, 0) is 19.1 Å². The van der Waals surface area contributed by atoms with E-state index in [1.165, 1.54) is 13.2 Å². The molecule has 0 bridgehead atoms. The lowest BCUT2D eigenvalue weighted by Crippen LogP contribution is -2.24. The lowest BCUT2D eigenvalue weighted by molar-refractivity contribution is -0.160. The molecule has 38 heavy (non-hydrogen) atoms. The van der Waals surface area contributed by atoms with Gasteiger partial charge in [-0.15, -0.1) is 0 Å². The maximum atomic E-state index is 12.9. The molecule has 0 saturated heterocycles. The molecule has 0 aliphatic rings. The Morgan fingerprint density at radius 2 is 1.26 bits per heavy atom. The van der Waals surface area contributed by atoms with Gasteiger partial charge in [-0.2, -0.15) is 0 Å². The average molecular weight is 527 g/mol. The molecule has 8 heteroatoms. The summed E-state index contributed by atoms with van der Waals surface area (Å²) in [6, 6.07) is 8.39. The van der Waals surface area contributed by atoms with E-state index in [0.717, 1.165) is 11.1 Å². The van der Waals surface area contributed by atoms with Crippen LogP contribution in [0.4, 0.5) is 0 Å². The number of methoxy groups -OCH3 is 1. The molecule has 0 atom stereocenters. The van der Waals surface area contributed by atoms with Crippen LogP contribution in [0.15, 0.2) is 36.4 Å². The largest absolute Gasteiger partial charge is 0.496 e. The Hall–Kier alpha value is -3.81. The Bertz CT molecular complexity index is 1180. The van der Waals surface area contributed by atoms with E-state index >= 15 is 0 Å². The Labute approximate surface area is 224 Å². The van der Waals surface area contributed by atoms with Gasteiger partial charge >= 0.3 is 11.9 Å². The highest BCUT2D eigenvalue weighted by molar-refractivity contribution is 6.07. The van der Waals surface area contributed by atoms with Crippen molar-refractivity contribution in [2.45, 2.75) is 55.4 Å². The van der Waals surface area contributed by atoms with E-state index < -0.39 is 10.8 Å². The van der Waals surface area contributed by atoms with Crippen molar-refractivity contribution in [1.82, 2.24) is 0 Å². The summed E-state index contributed by atoms with van der Waals surface area (Å²) in [6.45, 7) is 13.8. The Kier molecular flexibility index (Phi) is 10.1. The number of carbonyl (C=O) groups excluding carboxylic acids is 3. The number of aryl methyl sites for hydroxylation is 2. The second-order valence-electron chi connectivity index (χ2n) is 10.9. The summed E-state index contributed by atoms with van der Waals surface area (Å²) in [6.07, 6.45) is 3.05. The molecule has 0 aliphatic carbocycles. The highest BCUT2D eigenvalue weighted by atomic mass is 16.7. The highest BCUT2D eigenvalue weighted by Crippen LogP contribution is 2.36. The van der Waals surface area contributed by atoms with E-state index in [0.29, 0.717) is 28.4 Å². The summed E-state index contributed by atoms with van der Waals surface area (Å²) in [5.74, 6) is 0.455. The number of hydrogen-bond donors (Lipinski definition) is 0. The van der Waals surface area contributed by atoms with Crippen LogP contribution in [0.5, 0.6) is 17.2 Å². The number of ether oxygens (including phenoxy) is 5. The van der Waals surface area contributed by atoms with Crippen molar-refractivity contribution in [1.29, 1.82) is 0 Å². The zero-order valence-electron chi connectivity index (χ0n) is 23.7. The van der Waals surface area contributed by atoms with Crippen LogP contribution in [0.1, 0.15) is 68.6 Å². The molecular weight excluding hydrogens is 488 g/mol. The summed E-state index contributed by atoms with van der Waals surface area (Å²) < 4.78 is 27.2. The summed E-state index contributed by atoms with van der Waals surface area (Å²) >= 11 is 0. The maximum absolute atomic E-state index is 12.9. The average Bonchev–Trinajstić information content (AvgIpc) is 2.82. The minimum atomic E-state index is -0.657. The summed E-state index contributed by atoms with van der Waals surface area (Å²) in [5.41, 5.74) is 1.39. The van der Waals surface area contributed by atoms with Crippen LogP contribution in [0.25, 0.3) is 6.08 Å². The quantitative estimate of drug-likeness (QED) is 0.160. The van der Waals surface area contributed by atoms with Crippen LogP contribution in [-0.4, -0.2) is 38.4 Å². The normalized spacial score (nSPS) is 11.7. The molecule has 2 rings (SSSR count). The van der Waals surface area contributed by atoms with Gasteiger partial charge in [0, 0.05) is 5.56 Å². The molecule has 0 aliphatic heterocycles. The number of allylic oxidation sites excluding steroid dienone is 1. The summed E-state index contributed by atoms with van der Waals surface area (Å²) in [4.78, 5) is 36.8. The maximum Gasteiger partial charge on any atom is 0.314 e. The second kappa shape index (κ2) is 12.6. The van der Waals surface area contributed by atoms with Crippen LogP contribution < -0.4 is 14.2 Å². The first kappa shape index (κ1) is 30.4. The van der Waals surface area contributed by atoms with Crippen LogP contribution in [0.3, 0.4) is 0 Å². The molecular formula is C30H38O8. The smallest absolute Gasteiger partial charge is 0.314 e. The fraction of sp³-hybridized carbons (Fsp3) is 0.433. The molecule has 2 aromatic rings. The molecule has 0 aromatic heterocycles. The van der Waals surface area contributed by atoms with Gasteiger partial charge in [-0.3, -0.25) is 14.4 Å². The monoisotopic (exact) mass is 526 g/mol. The molecule has 0 N–H and O–H groups in total. The van der Waals surface area contributed by atoms with E-state index in [1.54, 1.807) is 71.9 Å². The number of esters is 2. The molecule has 0 amide bonds. The number of carbonyl (C=O) groups is 3. The van der Waals surface area contributed by atoms with E-state index in [-0.39, 0.29) is 31.3 Å². The molecule has 206 valence electrons. The van der Waals surface area contributed by atoms with Crippen LogP contribution in [0, 0.1) is 24.7 Å². The van der Waals surface area contributed by atoms with Crippen molar-refractivity contribution >= 4 is 23.8 Å². The third kappa shape index (κ3) is 8.36. The van der Waals surface area contributed by atoms with E-state index in [1.807, 2.05) is 19.9 Å². The van der Waals surface area contributed by atoms with Crippen molar-refractivity contribution < 1.29 is 38.1 Å². The van der Waals surface area contributed by atoms with Crippen molar-refractivity contribution in [2.75, 3.05) is 20.7 Å². The first-order valence-electron chi connectivity index (χ1n) is 12.3. The van der Waals surface area contributed by atoms with Crippen molar-refractivity contribution in [3.8, 4) is 17.2 Å². The number of hydrogen-bond acceptors (Lipinski definition) is 8. The van der Waals surface area contributed by atoms with Crippen LogP contribution >= 0.6 is 0 Å². The van der Waals surface area contributed by atoms with Gasteiger partial charge in [0.25, 0.3) is 0 Å². The topological polar surface area (TPSA) is 97.4 Å². The SMILES string of the molecule is COc1c(C)cc(C)c(OCOC(=O)C(C)(C)C)c1C=CC(=O)c1ccc(OCOC(=O)C(C)(C)C)cc1. The predicted octanol–water partition coefficient (Wildman–Crippen LogP) is 6.06.